The molecule has 0 bridgehead atoms. The summed E-state index contributed by atoms with van der Waals surface area (Å²) in [4.78, 5) is 17.9. The van der Waals surface area contributed by atoms with E-state index in [0.717, 1.165) is 35.6 Å². The van der Waals surface area contributed by atoms with E-state index in [1.807, 2.05) is 36.4 Å². The number of aryl methyl sites for hydroxylation is 1. The van der Waals surface area contributed by atoms with Crippen molar-refractivity contribution in [3.8, 4) is 11.5 Å². The quantitative estimate of drug-likeness (QED) is 0.749. The first-order valence-corrected chi connectivity index (χ1v) is 8.24. The normalized spacial score (nSPS) is 10.2. The number of hydrogen-bond acceptors (Lipinski definition) is 4. The molecule has 0 saturated carbocycles. The van der Waals surface area contributed by atoms with Crippen molar-refractivity contribution < 1.29 is 14.3 Å². The van der Waals surface area contributed by atoms with Gasteiger partial charge in [0.15, 0.2) is 11.5 Å². The van der Waals surface area contributed by atoms with Gasteiger partial charge in [-0.15, -0.1) is 0 Å². The molecule has 0 spiro atoms. The Kier molecular flexibility index (Phi) is 7.07. The van der Waals surface area contributed by atoms with Gasteiger partial charge in [-0.1, -0.05) is 12.1 Å². The summed E-state index contributed by atoms with van der Waals surface area (Å²) in [5, 5.41) is 2.93. The van der Waals surface area contributed by atoms with Crippen LogP contribution in [0.4, 0.5) is 4.79 Å². The number of carbonyl (C=O) groups excluding carboxylic acids is 1. The molecule has 134 valence electrons. The van der Waals surface area contributed by atoms with Crippen molar-refractivity contribution in [2.45, 2.75) is 19.4 Å². The van der Waals surface area contributed by atoms with Crippen LogP contribution in [-0.2, 0) is 13.0 Å². The molecule has 6 heteroatoms. The molecule has 1 aromatic carbocycles. The Hall–Kier alpha value is -2.76. The van der Waals surface area contributed by atoms with E-state index in [1.165, 1.54) is 0 Å². The van der Waals surface area contributed by atoms with Gasteiger partial charge in [0.1, 0.15) is 0 Å². The second-order valence-electron chi connectivity index (χ2n) is 5.70. The Labute approximate surface area is 148 Å². The number of aromatic nitrogens is 1. The van der Waals surface area contributed by atoms with Gasteiger partial charge >= 0.3 is 6.03 Å². The van der Waals surface area contributed by atoms with Crippen molar-refractivity contribution in [1.82, 2.24) is 15.2 Å². The molecule has 0 saturated heterocycles. The fourth-order valence-electron chi connectivity index (χ4n) is 2.47. The van der Waals surface area contributed by atoms with Crippen molar-refractivity contribution >= 4 is 6.03 Å². The highest BCUT2D eigenvalue weighted by atomic mass is 16.5. The van der Waals surface area contributed by atoms with Gasteiger partial charge in [0.05, 0.1) is 26.5 Å². The lowest BCUT2D eigenvalue weighted by Gasteiger charge is -2.17. The lowest BCUT2D eigenvalue weighted by atomic mass is 10.1. The van der Waals surface area contributed by atoms with Crippen LogP contribution in [0.5, 0.6) is 11.5 Å². The summed E-state index contributed by atoms with van der Waals surface area (Å²) in [5.41, 5.74) is 2.01. The molecule has 2 aromatic rings. The fourth-order valence-corrected chi connectivity index (χ4v) is 2.47. The number of hydrogen-bond donors (Lipinski definition) is 1. The number of ether oxygens (including phenoxy) is 2. The number of benzene rings is 1. The van der Waals surface area contributed by atoms with E-state index in [-0.39, 0.29) is 6.03 Å². The number of nitrogens with one attached hydrogen (secondary N) is 1. The van der Waals surface area contributed by atoms with E-state index in [2.05, 4.69) is 10.3 Å². The summed E-state index contributed by atoms with van der Waals surface area (Å²) >= 11 is 0. The third kappa shape index (κ3) is 5.67. The molecule has 0 aliphatic heterocycles. The van der Waals surface area contributed by atoms with Crippen LogP contribution < -0.4 is 14.8 Å². The zero-order valence-corrected chi connectivity index (χ0v) is 15.0. The predicted octanol–water partition coefficient (Wildman–Crippen LogP) is 2.87. The molecule has 0 fully saturated rings. The molecule has 6 nitrogen and oxygen atoms in total. The van der Waals surface area contributed by atoms with E-state index < -0.39 is 0 Å². The van der Waals surface area contributed by atoms with E-state index in [4.69, 9.17) is 9.47 Å². The van der Waals surface area contributed by atoms with Crippen molar-refractivity contribution in [2.24, 2.45) is 0 Å². The second kappa shape index (κ2) is 9.52. The lowest BCUT2D eigenvalue weighted by molar-refractivity contribution is 0.206. The van der Waals surface area contributed by atoms with E-state index in [0.29, 0.717) is 13.1 Å². The van der Waals surface area contributed by atoms with Crippen molar-refractivity contribution in [2.75, 3.05) is 27.8 Å². The summed E-state index contributed by atoms with van der Waals surface area (Å²) in [6, 6.07) is 11.4. The maximum absolute atomic E-state index is 12.1. The van der Waals surface area contributed by atoms with Crippen LogP contribution in [-0.4, -0.2) is 43.7 Å². The topological polar surface area (TPSA) is 63.7 Å². The van der Waals surface area contributed by atoms with Gasteiger partial charge in [-0.3, -0.25) is 4.98 Å². The largest absolute Gasteiger partial charge is 0.493 e. The van der Waals surface area contributed by atoms with Crippen LogP contribution in [0.2, 0.25) is 0 Å². The molecule has 1 N–H and O–H groups in total. The smallest absolute Gasteiger partial charge is 0.317 e. The first kappa shape index (κ1) is 18.6. The second-order valence-corrected chi connectivity index (χ2v) is 5.70. The first-order valence-electron chi connectivity index (χ1n) is 8.24. The van der Waals surface area contributed by atoms with Gasteiger partial charge in [-0.2, -0.15) is 0 Å². The molecular weight excluding hydrogens is 318 g/mol. The Bertz CT molecular complexity index is 677. The average molecular weight is 343 g/mol. The minimum absolute atomic E-state index is 0.0991. The number of amides is 2. The van der Waals surface area contributed by atoms with Gasteiger partial charge in [0, 0.05) is 19.8 Å². The highest BCUT2D eigenvalue weighted by Gasteiger charge is 2.09. The fraction of sp³-hybridized carbons (Fsp3) is 0.368. The maximum atomic E-state index is 12.1. The zero-order chi connectivity index (χ0) is 18.1. The highest BCUT2D eigenvalue weighted by Crippen LogP contribution is 2.27. The Morgan fingerprint density at radius 3 is 2.64 bits per heavy atom. The van der Waals surface area contributed by atoms with Crippen molar-refractivity contribution in [1.29, 1.82) is 0 Å². The van der Waals surface area contributed by atoms with Crippen LogP contribution in [0.25, 0.3) is 0 Å². The Balaban J connectivity index is 1.74. The molecule has 0 radical (unpaired) electrons. The number of urea groups is 1. The molecule has 25 heavy (non-hydrogen) atoms. The minimum Gasteiger partial charge on any atom is -0.493 e. The van der Waals surface area contributed by atoms with Crippen LogP contribution in [0, 0.1) is 0 Å². The molecule has 2 amide bonds. The van der Waals surface area contributed by atoms with E-state index >= 15 is 0 Å². The first-order chi connectivity index (χ1) is 12.1. The van der Waals surface area contributed by atoms with Gasteiger partial charge in [0.2, 0.25) is 0 Å². The van der Waals surface area contributed by atoms with Crippen LogP contribution >= 0.6 is 0 Å². The summed E-state index contributed by atoms with van der Waals surface area (Å²) < 4.78 is 10.5. The zero-order valence-electron chi connectivity index (χ0n) is 15.0. The summed E-state index contributed by atoms with van der Waals surface area (Å²) in [7, 11) is 5.01. The Morgan fingerprint density at radius 1 is 1.16 bits per heavy atom. The predicted molar refractivity (Wildman–Crippen MR) is 97.0 cm³/mol. The third-order valence-electron chi connectivity index (χ3n) is 3.84. The van der Waals surface area contributed by atoms with Crippen LogP contribution in [0.15, 0.2) is 42.6 Å². The van der Waals surface area contributed by atoms with Crippen LogP contribution in [0.3, 0.4) is 0 Å². The molecule has 0 aliphatic carbocycles. The number of methoxy groups -OCH3 is 2. The summed E-state index contributed by atoms with van der Waals surface area (Å²) in [6.45, 7) is 1.10. The average Bonchev–Trinajstić information content (AvgIpc) is 2.65. The lowest BCUT2D eigenvalue weighted by Crippen LogP contribution is -2.37. The highest BCUT2D eigenvalue weighted by molar-refractivity contribution is 5.73. The van der Waals surface area contributed by atoms with E-state index in [1.54, 1.807) is 32.4 Å². The minimum atomic E-state index is -0.0991. The number of pyridine rings is 1. The van der Waals surface area contributed by atoms with E-state index in [9.17, 15) is 4.79 Å². The summed E-state index contributed by atoms with van der Waals surface area (Å²) in [6.07, 6.45) is 3.42. The van der Waals surface area contributed by atoms with Crippen molar-refractivity contribution in [3.05, 3.63) is 53.9 Å². The number of nitrogens with zero attached hydrogens (tertiary/aromatic N) is 2. The molecule has 0 unspecified atom stereocenters. The molecular formula is C19H25N3O3. The molecule has 2 rings (SSSR count). The van der Waals surface area contributed by atoms with Crippen molar-refractivity contribution in [3.63, 3.8) is 0 Å². The molecule has 0 atom stereocenters. The van der Waals surface area contributed by atoms with Crippen LogP contribution in [0.1, 0.15) is 17.7 Å². The molecule has 1 aromatic heterocycles. The third-order valence-corrected chi connectivity index (χ3v) is 3.84. The molecule has 0 aliphatic rings. The monoisotopic (exact) mass is 343 g/mol. The van der Waals surface area contributed by atoms with Gasteiger partial charge < -0.3 is 19.7 Å². The standard InChI is InChI=1S/C19H25N3O3/c1-22(14-16-8-4-5-11-20-16)19(23)21-12-6-7-15-9-10-17(24-2)18(13-15)25-3/h4-5,8-11,13H,6-7,12,14H2,1-3H3,(H,21,23). The molecule has 1 heterocycles. The van der Waals surface area contributed by atoms with Gasteiger partial charge in [-0.05, 0) is 42.7 Å². The Morgan fingerprint density at radius 2 is 1.96 bits per heavy atom. The number of rotatable bonds is 8. The maximum Gasteiger partial charge on any atom is 0.317 e. The van der Waals surface area contributed by atoms with Gasteiger partial charge in [0.25, 0.3) is 0 Å². The SMILES string of the molecule is COc1ccc(CCCNC(=O)N(C)Cc2ccccn2)cc1OC. The summed E-state index contributed by atoms with van der Waals surface area (Å²) in [5.74, 6) is 1.44. The number of carbonyl (C=O) groups is 1. The van der Waals surface area contributed by atoms with Gasteiger partial charge in [-0.25, -0.2) is 4.79 Å².